The SMILES string of the molecule is CC(c1ccc(-n2cncn2)cc1)N(C)C(=O)C1CC(=O)Nc2ccccc21. The zero-order valence-corrected chi connectivity index (χ0v) is 15.7. The minimum Gasteiger partial charge on any atom is -0.338 e. The molecule has 1 aliphatic heterocycles. The van der Waals surface area contributed by atoms with Gasteiger partial charge in [0, 0.05) is 19.2 Å². The summed E-state index contributed by atoms with van der Waals surface area (Å²) in [5, 5.41) is 6.96. The van der Waals surface area contributed by atoms with E-state index in [0.29, 0.717) is 0 Å². The van der Waals surface area contributed by atoms with E-state index in [1.54, 1.807) is 23.0 Å². The van der Waals surface area contributed by atoms with E-state index in [4.69, 9.17) is 0 Å². The summed E-state index contributed by atoms with van der Waals surface area (Å²) in [5.41, 5.74) is 3.50. The summed E-state index contributed by atoms with van der Waals surface area (Å²) in [6.07, 6.45) is 3.29. The lowest BCUT2D eigenvalue weighted by molar-refractivity contribution is -0.135. The Morgan fingerprint density at radius 1 is 1.21 bits per heavy atom. The highest BCUT2D eigenvalue weighted by Gasteiger charge is 2.33. The number of nitrogens with one attached hydrogen (secondary N) is 1. The van der Waals surface area contributed by atoms with Gasteiger partial charge in [0.1, 0.15) is 12.7 Å². The topological polar surface area (TPSA) is 80.1 Å². The molecule has 0 saturated heterocycles. The van der Waals surface area contributed by atoms with E-state index in [2.05, 4.69) is 15.4 Å². The molecule has 0 fully saturated rings. The minimum absolute atomic E-state index is 0.0600. The fourth-order valence-corrected chi connectivity index (χ4v) is 3.54. The third kappa shape index (κ3) is 3.26. The van der Waals surface area contributed by atoms with Gasteiger partial charge < -0.3 is 10.2 Å². The molecule has 7 nitrogen and oxygen atoms in total. The summed E-state index contributed by atoms with van der Waals surface area (Å²) in [7, 11) is 1.79. The quantitative estimate of drug-likeness (QED) is 0.760. The van der Waals surface area contributed by atoms with Crippen LogP contribution in [0.25, 0.3) is 5.69 Å². The molecule has 2 atom stereocenters. The molecule has 0 bridgehead atoms. The van der Waals surface area contributed by atoms with E-state index in [1.165, 1.54) is 6.33 Å². The summed E-state index contributed by atoms with van der Waals surface area (Å²) in [6, 6.07) is 15.2. The van der Waals surface area contributed by atoms with Crippen molar-refractivity contribution in [2.45, 2.75) is 25.3 Å². The van der Waals surface area contributed by atoms with Crippen molar-refractivity contribution in [1.82, 2.24) is 19.7 Å². The van der Waals surface area contributed by atoms with E-state index in [9.17, 15) is 9.59 Å². The second-order valence-corrected chi connectivity index (χ2v) is 6.95. The Labute approximate surface area is 163 Å². The fraction of sp³-hybridized carbons (Fsp3) is 0.238. The Bertz CT molecular complexity index is 998. The first-order valence-electron chi connectivity index (χ1n) is 9.15. The Balaban J connectivity index is 1.55. The van der Waals surface area contributed by atoms with Crippen LogP contribution >= 0.6 is 0 Å². The van der Waals surface area contributed by atoms with E-state index in [0.717, 1.165) is 22.5 Å². The number of hydrogen-bond acceptors (Lipinski definition) is 4. The maximum atomic E-state index is 13.2. The Morgan fingerprint density at radius 3 is 2.68 bits per heavy atom. The molecule has 3 aromatic rings. The number of fused-ring (bicyclic) bond motifs is 1. The first kappa shape index (κ1) is 17.9. The van der Waals surface area contributed by atoms with Crippen molar-refractivity contribution in [2.24, 2.45) is 0 Å². The van der Waals surface area contributed by atoms with Crippen LogP contribution in [0.4, 0.5) is 5.69 Å². The molecule has 28 heavy (non-hydrogen) atoms. The number of benzene rings is 2. The van der Waals surface area contributed by atoms with Crippen molar-refractivity contribution in [2.75, 3.05) is 12.4 Å². The van der Waals surface area contributed by atoms with E-state index in [-0.39, 0.29) is 24.3 Å². The first-order chi connectivity index (χ1) is 13.5. The van der Waals surface area contributed by atoms with Crippen LogP contribution in [0.3, 0.4) is 0 Å². The van der Waals surface area contributed by atoms with Gasteiger partial charge in [-0.3, -0.25) is 9.59 Å². The Hall–Kier alpha value is -3.48. The van der Waals surface area contributed by atoms with Gasteiger partial charge in [-0.2, -0.15) is 5.10 Å². The van der Waals surface area contributed by atoms with Gasteiger partial charge in [-0.25, -0.2) is 9.67 Å². The molecule has 2 heterocycles. The highest BCUT2D eigenvalue weighted by molar-refractivity contribution is 6.01. The van der Waals surface area contributed by atoms with Crippen LogP contribution in [-0.2, 0) is 9.59 Å². The molecule has 0 aliphatic carbocycles. The van der Waals surface area contributed by atoms with E-state index < -0.39 is 5.92 Å². The molecule has 0 spiro atoms. The first-order valence-corrected chi connectivity index (χ1v) is 9.15. The van der Waals surface area contributed by atoms with E-state index in [1.807, 2.05) is 55.5 Å². The number of anilines is 1. The Kier molecular flexibility index (Phi) is 4.65. The summed E-state index contributed by atoms with van der Waals surface area (Å²) in [5.74, 6) is -0.655. The van der Waals surface area contributed by atoms with Gasteiger partial charge in [0.2, 0.25) is 11.8 Å². The maximum absolute atomic E-state index is 13.2. The highest BCUT2D eigenvalue weighted by atomic mass is 16.2. The van der Waals surface area contributed by atoms with Crippen molar-refractivity contribution in [3.8, 4) is 5.69 Å². The van der Waals surface area contributed by atoms with Crippen LogP contribution in [0.15, 0.2) is 61.2 Å². The number of likely N-dealkylation sites (N-methyl/N-ethyl adjacent to an activating group) is 1. The van der Waals surface area contributed by atoms with Crippen molar-refractivity contribution in [1.29, 1.82) is 0 Å². The molecule has 0 radical (unpaired) electrons. The number of aromatic nitrogens is 3. The summed E-state index contributed by atoms with van der Waals surface area (Å²) < 4.78 is 1.68. The van der Waals surface area contributed by atoms with Crippen molar-refractivity contribution in [3.63, 3.8) is 0 Å². The number of carbonyl (C=O) groups is 2. The van der Waals surface area contributed by atoms with Gasteiger partial charge >= 0.3 is 0 Å². The molecular weight excluding hydrogens is 354 g/mol. The monoisotopic (exact) mass is 375 g/mol. The third-order valence-corrected chi connectivity index (χ3v) is 5.29. The average molecular weight is 375 g/mol. The van der Waals surface area contributed by atoms with Crippen LogP contribution < -0.4 is 5.32 Å². The van der Waals surface area contributed by atoms with Gasteiger partial charge in [0.05, 0.1) is 17.6 Å². The molecule has 4 rings (SSSR count). The number of rotatable bonds is 4. The van der Waals surface area contributed by atoms with Gasteiger partial charge in [-0.15, -0.1) is 0 Å². The number of carbonyl (C=O) groups excluding carboxylic acids is 2. The van der Waals surface area contributed by atoms with Crippen molar-refractivity contribution < 1.29 is 9.59 Å². The number of amides is 2. The minimum atomic E-state index is -0.466. The fourth-order valence-electron chi connectivity index (χ4n) is 3.54. The van der Waals surface area contributed by atoms with Gasteiger partial charge in [0.25, 0.3) is 0 Å². The summed E-state index contributed by atoms with van der Waals surface area (Å²) in [4.78, 5) is 30.9. The van der Waals surface area contributed by atoms with Crippen LogP contribution in [0.5, 0.6) is 0 Å². The van der Waals surface area contributed by atoms with Crippen LogP contribution in [-0.4, -0.2) is 38.5 Å². The summed E-state index contributed by atoms with van der Waals surface area (Å²) in [6.45, 7) is 1.98. The van der Waals surface area contributed by atoms with Crippen LogP contribution in [0, 0.1) is 0 Å². The third-order valence-electron chi connectivity index (χ3n) is 5.29. The molecule has 1 aromatic heterocycles. The van der Waals surface area contributed by atoms with Gasteiger partial charge in [-0.05, 0) is 36.2 Å². The lowest BCUT2D eigenvalue weighted by atomic mass is 9.89. The standard InChI is InChI=1S/C21H21N5O2/c1-14(15-7-9-16(10-8-15)26-13-22-12-23-26)25(2)21(28)18-11-20(27)24-19-6-4-3-5-17(18)19/h3-10,12-14,18H,11H2,1-2H3,(H,24,27). The second kappa shape index (κ2) is 7.26. The highest BCUT2D eigenvalue weighted by Crippen LogP contribution is 2.34. The van der Waals surface area contributed by atoms with Crippen LogP contribution in [0.1, 0.15) is 36.4 Å². The zero-order valence-electron chi connectivity index (χ0n) is 15.7. The van der Waals surface area contributed by atoms with Crippen molar-refractivity contribution >= 4 is 17.5 Å². The molecule has 1 aliphatic rings. The normalized spacial score (nSPS) is 16.8. The summed E-state index contributed by atoms with van der Waals surface area (Å²) >= 11 is 0. The largest absolute Gasteiger partial charge is 0.338 e. The molecule has 7 heteroatoms. The predicted octanol–water partition coefficient (Wildman–Crippen LogP) is 2.91. The predicted molar refractivity (Wildman–Crippen MR) is 105 cm³/mol. The van der Waals surface area contributed by atoms with Crippen LogP contribution in [0.2, 0.25) is 0 Å². The Morgan fingerprint density at radius 2 is 1.96 bits per heavy atom. The van der Waals surface area contributed by atoms with Crippen molar-refractivity contribution in [3.05, 3.63) is 72.3 Å². The molecule has 142 valence electrons. The second-order valence-electron chi connectivity index (χ2n) is 6.95. The lowest BCUT2D eigenvalue weighted by Crippen LogP contribution is -2.37. The number of nitrogens with zero attached hydrogens (tertiary/aromatic N) is 4. The molecule has 2 amide bonds. The van der Waals surface area contributed by atoms with Gasteiger partial charge in [0.15, 0.2) is 0 Å². The molecule has 2 aromatic carbocycles. The molecule has 0 saturated carbocycles. The smallest absolute Gasteiger partial charge is 0.230 e. The number of para-hydroxylation sites is 1. The molecular formula is C21H21N5O2. The average Bonchev–Trinajstić information content (AvgIpc) is 3.26. The maximum Gasteiger partial charge on any atom is 0.230 e. The zero-order chi connectivity index (χ0) is 19.7. The lowest BCUT2D eigenvalue weighted by Gasteiger charge is -2.32. The number of hydrogen-bond donors (Lipinski definition) is 1. The molecule has 1 N–H and O–H groups in total. The van der Waals surface area contributed by atoms with Gasteiger partial charge in [-0.1, -0.05) is 30.3 Å². The van der Waals surface area contributed by atoms with E-state index >= 15 is 0 Å². The molecule has 2 unspecified atom stereocenters.